The Kier molecular flexibility index (Phi) is 4.14. The first-order valence-electron chi connectivity index (χ1n) is 9.46. The number of hydrogen-bond donors (Lipinski definition) is 1. The zero-order chi connectivity index (χ0) is 19.4. The van der Waals surface area contributed by atoms with Gasteiger partial charge >= 0.3 is 6.09 Å². The van der Waals surface area contributed by atoms with Gasteiger partial charge in [-0.3, -0.25) is 0 Å². The Morgan fingerprint density at radius 2 is 2.15 bits per heavy atom. The standard InChI is InChI=1S/C21H27NO5/c1-20(2,3)27-19(24)22-10-9-21-8-7-14(23)11-16(21)26-18-15(25-4)6-5-13(12-22)17(18)21/h5-8,14,16,23H,9-12H2,1-4H3/t14-,16?,21?/m0/s1. The molecule has 2 aliphatic heterocycles. The summed E-state index contributed by atoms with van der Waals surface area (Å²) in [5.41, 5.74) is 1.24. The van der Waals surface area contributed by atoms with Crippen LogP contribution in [0, 0.1) is 0 Å². The summed E-state index contributed by atoms with van der Waals surface area (Å²) in [5, 5.41) is 10.1. The van der Waals surface area contributed by atoms with Crippen LogP contribution in [0.2, 0.25) is 0 Å². The molecule has 0 bridgehead atoms. The van der Waals surface area contributed by atoms with Crippen LogP contribution in [0.3, 0.4) is 0 Å². The van der Waals surface area contributed by atoms with E-state index >= 15 is 0 Å². The van der Waals surface area contributed by atoms with Crippen LogP contribution in [0.4, 0.5) is 4.79 Å². The van der Waals surface area contributed by atoms with Gasteiger partial charge in [-0.1, -0.05) is 18.2 Å². The number of nitrogens with zero attached hydrogens (tertiary/aromatic N) is 1. The maximum absolute atomic E-state index is 12.7. The maximum atomic E-state index is 12.7. The largest absolute Gasteiger partial charge is 0.493 e. The van der Waals surface area contributed by atoms with E-state index in [9.17, 15) is 9.90 Å². The summed E-state index contributed by atoms with van der Waals surface area (Å²) in [5.74, 6) is 1.43. The topological polar surface area (TPSA) is 68.2 Å². The third-order valence-corrected chi connectivity index (χ3v) is 5.61. The molecule has 146 valence electrons. The van der Waals surface area contributed by atoms with Crippen LogP contribution in [0.15, 0.2) is 24.3 Å². The summed E-state index contributed by atoms with van der Waals surface area (Å²) in [6.45, 7) is 6.65. The molecule has 1 spiro atoms. The van der Waals surface area contributed by atoms with Gasteiger partial charge in [0.25, 0.3) is 0 Å². The van der Waals surface area contributed by atoms with Crippen molar-refractivity contribution in [2.75, 3.05) is 13.7 Å². The van der Waals surface area contributed by atoms with E-state index in [1.54, 1.807) is 12.0 Å². The van der Waals surface area contributed by atoms with Crippen LogP contribution in [0.1, 0.15) is 44.7 Å². The van der Waals surface area contributed by atoms with Crippen molar-refractivity contribution in [2.24, 2.45) is 0 Å². The molecule has 0 aromatic heterocycles. The van der Waals surface area contributed by atoms with Gasteiger partial charge in [-0.15, -0.1) is 0 Å². The Morgan fingerprint density at radius 1 is 1.37 bits per heavy atom. The third-order valence-electron chi connectivity index (χ3n) is 5.61. The van der Waals surface area contributed by atoms with Gasteiger partial charge in [0.15, 0.2) is 11.5 Å². The van der Waals surface area contributed by atoms with Crippen molar-refractivity contribution in [1.29, 1.82) is 0 Å². The SMILES string of the molecule is COc1ccc2c3c1OC1C[C@@H](O)C=CC31CCN(C(=O)OC(C)(C)C)C2. The lowest BCUT2D eigenvalue weighted by Gasteiger charge is -2.35. The van der Waals surface area contributed by atoms with Crippen molar-refractivity contribution in [3.8, 4) is 11.5 Å². The molecule has 6 heteroatoms. The van der Waals surface area contributed by atoms with Gasteiger partial charge in [-0.05, 0) is 38.8 Å². The van der Waals surface area contributed by atoms with E-state index in [0.29, 0.717) is 31.7 Å². The number of carbonyl (C=O) groups excluding carboxylic acids is 1. The molecule has 1 amide bonds. The van der Waals surface area contributed by atoms with E-state index in [-0.39, 0.29) is 17.6 Å². The molecule has 1 aromatic rings. The third kappa shape index (κ3) is 2.96. The predicted octanol–water partition coefficient (Wildman–Crippen LogP) is 3.16. The van der Waals surface area contributed by atoms with E-state index in [1.807, 2.05) is 39.0 Å². The van der Waals surface area contributed by atoms with Gasteiger partial charge in [0, 0.05) is 25.1 Å². The predicted molar refractivity (Wildman–Crippen MR) is 100 cm³/mol. The number of hydrogen-bond acceptors (Lipinski definition) is 5. The molecule has 3 aliphatic rings. The van der Waals surface area contributed by atoms with Crippen LogP contribution >= 0.6 is 0 Å². The van der Waals surface area contributed by atoms with Crippen LogP contribution in [0.25, 0.3) is 0 Å². The number of methoxy groups -OCH3 is 1. The molecule has 3 atom stereocenters. The highest BCUT2D eigenvalue weighted by Gasteiger charge is 2.53. The quantitative estimate of drug-likeness (QED) is 0.766. The molecule has 1 N–H and O–H groups in total. The summed E-state index contributed by atoms with van der Waals surface area (Å²) in [7, 11) is 1.63. The summed E-state index contributed by atoms with van der Waals surface area (Å²) in [4.78, 5) is 14.5. The minimum Gasteiger partial charge on any atom is -0.493 e. The average Bonchev–Trinajstić information content (AvgIpc) is 2.81. The molecule has 0 saturated heterocycles. The smallest absolute Gasteiger partial charge is 0.410 e. The number of aliphatic hydroxyl groups is 1. The normalized spacial score (nSPS) is 28.7. The highest BCUT2D eigenvalue weighted by atomic mass is 16.6. The van der Waals surface area contributed by atoms with Crippen molar-refractivity contribution < 1.29 is 24.1 Å². The molecule has 27 heavy (non-hydrogen) atoms. The molecular weight excluding hydrogens is 346 g/mol. The van der Waals surface area contributed by atoms with E-state index in [2.05, 4.69) is 6.08 Å². The van der Waals surface area contributed by atoms with Crippen molar-refractivity contribution in [1.82, 2.24) is 4.90 Å². The zero-order valence-electron chi connectivity index (χ0n) is 16.3. The van der Waals surface area contributed by atoms with Gasteiger partial charge in [-0.25, -0.2) is 4.79 Å². The Balaban J connectivity index is 1.77. The molecule has 1 aromatic carbocycles. The molecule has 0 saturated carbocycles. The summed E-state index contributed by atoms with van der Waals surface area (Å²) in [6, 6.07) is 3.89. The van der Waals surface area contributed by atoms with E-state index in [4.69, 9.17) is 14.2 Å². The van der Waals surface area contributed by atoms with Crippen LogP contribution in [0.5, 0.6) is 11.5 Å². The number of ether oxygens (including phenoxy) is 3. The fourth-order valence-electron chi connectivity index (χ4n) is 4.42. The lowest BCUT2D eigenvalue weighted by molar-refractivity contribution is 0.0212. The van der Waals surface area contributed by atoms with Crippen molar-refractivity contribution in [3.05, 3.63) is 35.4 Å². The first-order valence-corrected chi connectivity index (χ1v) is 9.46. The second-order valence-electron chi connectivity index (χ2n) is 8.59. The van der Waals surface area contributed by atoms with E-state index in [0.717, 1.165) is 16.9 Å². The monoisotopic (exact) mass is 373 g/mol. The lowest BCUT2D eigenvalue weighted by Crippen LogP contribution is -2.43. The van der Waals surface area contributed by atoms with Crippen molar-refractivity contribution in [2.45, 2.75) is 63.4 Å². The summed E-state index contributed by atoms with van der Waals surface area (Å²) in [6.07, 6.45) is 4.17. The Labute approximate surface area is 159 Å². The lowest BCUT2D eigenvalue weighted by atomic mass is 9.69. The van der Waals surface area contributed by atoms with Gasteiger partial charge in [-0.2, -0.15) is 0 Å². The van der Waals surface area contributed by atoms with Gasteiger partial charge in [0.2, 0.25) is 0 Å². The molecule has 4 rings (SSSR count). The number of rotatable bonds is 1. The highest BCUT2D eigenvalue weighted by Crippen LogP contribution is 2.55. The fraction of sp³-hybridized carbons (Fsp3) is 0.571. The number of amides is 1. The minimum atomic E-state index is -0.535. The Hall–Kier alpha value is -2.21. The van der Waals surface area contributed by atoms with E-state index in [1.165, 1.54) is 0 Å². The second-order valence-corrected chi connectivity index (χ2v) is 8.59. The Bertz CT molecular complexity index is 796. The first-order chi connectivity index (χ1) is 12.7. The van der Waals surface area contributed by atoms with Gasteiger partial charge in [0.1, 0.15) is 11.7 Å². The van der Waals surface area contributed by atoms with Crippen molar-refractivity contribution >= 4 is 6.09 Å². The summed E-state index contributed by atoms with van der Waals surface area (Å²) >= 11 is 0. The van der Waals surface area contributed by atoms with Crippen LogP contribution in [-0.4, -0.2) is 47.6 Å². The van der Waals surface area contributed by atoms with E-state index < -0.39 is 11.7 Å². The number of carbonyl (C=O) groups is 1. The summed E-state index contributed by atoms with van der Waals surface area (Å²) < 4.78 is 17.4. The second kappa shape index (κ2) is 6.16. The average molecular weight is 373 g/mol. The molecule has 6 nitrogen and oxygen atoms in total. The number of benzene rings is 1. The Morgan fingerprint density at radius 3 is 2.85 bits per heavy atom. The maximum Gasteiger partial charge on any atom is 0.410 e. The van der Waals surface area contributed by atoms with Crippen LogP contribution < -0.4 is 9.47 Å². The molecule has 0 radical (unpaired) electrons. The number of aliphatic hydroxyl groups excluding tert-OH is 1. The molecule has 1 aliphatic carbocycles. The molecule has 2 unspecified atom stereocenters. The molecule has 2 heterocycles. The zero-order valence-corrected chi connectivity index (χ0v) is 16.3. The van der Waals surface area contributed by atoms with Crippen LogP contribution in [-0.2, 0) is 16.7 Å². The van der Waals surface area contributed by atoms with Crippen molar-refractivity contribution in [3.63, 3.8) is 0 Å². The first kappa shape index (κ1) is 18.2. The molecular formula is C21H27NO5. The highest BCUT2D eigenvalue weighted by molar-refractivity contribution is 5.69. The minimum absolute atomic E-state index is 0.166. The van der Waals surface area contributed by atoms with Gasteiger partial charge < -0.3 is 24.2 Å². The van der Waals surface area contributed by atoms with Gasteiger partial charge in [0.05, 0.1) is 18.6 Å². The fourth-order valence-corrected chi connectivity index (χ4v) is 4.42. The molecule has 0 fully saturated rings.